The lowest BCUT2D eigenvalue weighted by molar-refractivity contribution is -0.123. The summed E-state index contributed by atoms with van der Waals surface area (Å²) >= 11 is 5.03. The van der Waals surface area contributed by atoms with Crippen LogP contribution in [0.1, 0.15) is 61.1 Å². The van der Waals surface area contributed by atoms with E-state index >= 15 is 0 Å². The lowest BCUT2D eigenvalue weighted by Gasteiger charge is -2.26. The number of thiocarbonyl (C=S) groups is 1. The van der Waals surface area contributed by atoms with Crippen LogP contribution in [-0.2, 0) is 9.53 Å². The number of nitrogens with one attached hydrogen (secondary N) is 3. The van der Waals surface area contributed by atoms with E-state index in [0.717, 1.165) is 29.4 Å². The highest BCUT2D eigenvalue weighted by Crippen LogP contribution is 2.37. The summed E-state index contributed by atoms with van der Waals surface area (Å²) in [5, 5.41) is 3.90. The van der Waals surface area contributed by atoms with E-state index in [9.17, 15) is 9.59 Å². The molecule has 1 heterocycles. The number of aromatic nitrogens is 1. The van der Waals surface area contributed by atoms with E-state index < -0.39 is 0 Å². The van der Waals surface area contributed by atoms with Gasteiger partial charge in [-0.25, -0.2) is 4.79 Å². The molecule has 1 aromatic carbocycles. The molecule has 3 N–H and O–H groups in total. The minimum atomic E-state index is -0.389. The van der Waals surface area contributed by atoms with Crippen molar-refractivity contribution in [3.8, 4) is 5.75 Å². The molecule has 1 saturated carbocycles. The van der Waals surface area contributed by atoms with Crippen molar-refractivity contribution in [3.05, 3.63) is 42.1 Å². The van der Waals surface area contributed by atoms with Crippen molar-refractivity contribution in [2.24, 2.45) is 0 Å². The van der Waals surface area contributed by atoms with E-state index in [1.54, 1.807) is 13.0 Å². The Morgan fingerprint density at radius 3 is 2.70 bits per heavy atom. The number of hydrogen-bond acceptors (Lipinski definition) is 5. The topological polar surface area (TPSA) is 93.6 Å². The average molecular weight is 473 g/mol. The molecule has 0 unspecified atom stereocenters. The van der Waals surface area contributed by atoms with E-state index in [4.69, 9.17) is 21.7 Å². The van der Waals surface area contributed by atoms with E-state index in [-0.39, 0.29) is 23.6 Å². The van der Waals surface area contributed by atoms with Crippen molar-refractivity contribution in [2.75, 3.05) is 19.8 Å². The summed E-state index contributed by atoms with van der Waals surface area (Å²) in [6, 6.07) is 5.96. The van der Waals surface area contributed by atoms with Crippen LogP contribution in [0.2, 0.25) is 0 Å². The fraction of sp³-hybridized carbons (Fsp3) is 0.458. The molecule has 1 aliphatic rings. The minimum absolute atomic E-state index is 0.209. The van der Waals surface area contributed by atoms with E-state index in [1.165, 1.54) is 19.3 Å². The van der Waals surface area contributed by atoms with Crippen molar-refractivity contribution in [1.82, 2.24) is 20.7 Å². The third kappa shape index (κ3) is 6.04. The maximum absolute atomic E-state index is 12.8. The number of esters is 1. The summed E-state index contributed by atoms with van der Waals surface area (Å²) < 4.78 is 13.3. The zero-order chi connectivity index (χ0) is 23.8. The molecule has 1 aliphatic carbocycles. The largest absolute Gasteiger partial charge is 0.484 e. The predicted octanol–water partition coefficient (Wildman–Crippen LogP) is 3.69. The first-order valence-electron chi connectivity index (χ1n) is 11.3. The summed E-state index contributed by atoms with van der Waals surface area (Å²) in [5.74, 6) is -0.232. The standard InChI is InChI=1S/C24H32N4O4S/c1-4-13-25-24(33)27-26-21(29)15-32-18-11-12-20-19(14-18)22(23(30)31-5-2)16(3)28(20)17-9-7-6-8-10-17/h4,11-12,14,17H,1,5-10,13,15H2,2-3H3,(H,26,29)(H2,25,27,33). The normalized spacial score (nSPS) is 13.9. The molecule has 9 heteroatoms. The van der Waals surface area contributed by atoms with Gasteiger partial charge >= 0.3 is 5.97 Å². The average Bonchev–Trinajstić information content (AvgIpc) is 3.11. The van der Waals surface area contributed by atoms with E-state index in [1.807, 2.05) is 25.1 Å². The summed E-state index contributed by atoms with van der Waals surface area (Å²) in [6.07, 6.45) is 7.49. The molecule has 0 radical (unpaired) electrons. The molecule has 2 aromatic rings. The molecule has 1 aromatic heterocycles. The zero-order valence-corrected chi connectivity index (χ0v) is 20.1. The minimum Gasteiger partial charge on any atom is -0.484 e. The zero-order valence-electron chi connectivity index (χ0n) is 19.2. The van der Waals surface area contributed by atoms with Gasteiger partial charge in [-0.15, -0.1) is 6.58 Å². The molecule has 178 valence electrons. The highest BCUT2D eigenvalue weighted by Gasteiger charge is 2.26. The highest BCUT2D eigenvalue weighted by molar-refractivity contribution is 7.80. The third-order valence-electron chi connectivity index (χ3n) is 5.73. The Bertz CT molecular complexity index is 1030. The van der Waals surface area contributed by atoms with Gasteiger partial charge in [0.05, 0.1) is 12.2 Å². The quantitative estimate of drug-likeness (QED) is 0.233. The number of ether oxygens (including phenoxy) is 2. The number of rotatable bonds is 8. The number of benzene rings is 1. The van der Waals surface area contributed by atoms with Gasteiger partial charge in [0, 0.05) is 29.2 Å². The van der Waals surface area contributed by atoms with Crippen LogP contribution >= 0.6 is 12.2 Å². The molecule has 0 saturated heterocycles. The molecule has 8 nitrogen and oxygen atoms in total. The molecule has 3 rings (SSSR count). The fourth-order valence-corrected chi connectivity index (χ4v) is 4.44. The Kier molecular flexibility index (Phi) is 8.71. The first-order chi connectivity index (χ1) is 16.0. The van der Waals surface area contributed by atoms with Gasteiger partial charge in [-0.2, -0.15) is 0 Å². The van der Waals surface area contributed by atoms with Crippen LogP contribution in [-0.4, -0.2) is 41.3 Å². The Hall–Kier alpha value is -3.07. The van der Waals surface area contributed by atoms with Crippen LogP contribution in [0, 0.1) is 6.92 Å². The number of hydrazine groups is 1. The van der Waals surface area contributed by atoms with Crippen molar-refractivity contribution in [2.45, 2.75) is 52.0 Å². The van der Waals surface area contributed by atoms with Crippen molar-refractivity contribution in [3.63, 3.8) is 0 Å². The number of carbonyl (C=O) groups is 2. The number of nitrogens with zero attached hydrogens (tertiary/aromatic N) is 1. The third-order valence-corrected chi connectivity index (χ3v) is 5.98. The lowest BCUT2D eigenvalue weighted by atomic mass is 9.95. The second-order valence-electron chi connectivity index (χ2n) is 7.98. The van der Waals surface area contributed by atoms with Crippen LogP contribution in [0.4, 0.5) is 0 Å². The van der Waals surface area contributed by atoms with Crippen LogP contribution < -0.4 is 20.9 Å². The van der Waals surface area contributed by atoms with E-state index in [0.29, 0.717) is 30.5 Å². The maximum Gasteiger partial charge on any atom is 0.340 e. The molecular formula is C24H32N4O4S. The van der Waals surface area contributed by atoms with E-state index in [2.05, 4.69) is 27.3 Å². The Labute approximate surface area is 199 Å². The van der Waals surface area contributed by atoms with Gasteiger partial charge in [-0.1, -0.05) is 25.3 Å². The Morgan fingerprint density at radius 2 is 2.00 bits per heavy atom. The smallest absolute Gasteiger partial charge is 0.340 e. The SMILES string of the molecule is C=CCNC(=S)NNC(=O)COc1ccc2c(c1)c(C(=O)OCC)c(C)n2C1CCCCC1. The molecular weight excluding hydrogens is 440 g/mol. The molecule has 0 spiro atoms. The van der Waals surface area contributed by atoms with Gasteiger partial charge in [-0.3, -0.25) is 15.6 Å². The molecule has 0 atom stereocenters. The van der Waals surface area contributed by atoms with Gasteiger partial charge in [0.25, 0.3) is 5.91 Å². The number of carbonyl (C=O) groups excluding carboxylic acids is 2. The lowest BCUT2D eigenvalue weighted by Crippen LogP contribution is -2.48. The number of hydrogen-bond donors (Lipinski definition) is 3. The Morgan fingerprint density at radius 1 is 1.24 bits per heavy atom. The van der Waals surface area contributed by atoms with Crippen molar-refractivity contribution < 1.29 is 19.1 Å². The summed E-state index contributed by atoms with van der Waals surface area (Å²) in [6.45, 7) is 7.95. The van der Waals surface area contributed by atoms with Gasteiger partial charge in [0.2, 0.25) is 0 Å². The van der Waals surface area contributed by atoms with Gasteiger partial charge < -0.3 is 19.4 Å². The summed E-state index contributed by atoms with van der Waals surface area (Å²) in [4.78, 5) is 24.9. The molecule has 1 fully saturated rings. The molecule has 33 heavy (non-hydrogen) atoms. The van der Waals surface area contributed by atoms with Crippen LogP contribution in [0.5, 0.6) is 5.75 Å². The van der Waals surface area contributed by atoms with Gasteiger partial charge in [-0.05, 0) is 57.1 Å². The van der Waals surface area contributed by atoms with Crippen molar-refractivity contribution in [1.29, 1.82) is 0 Å². The van der Waals surface area contributed by atoms with Crippen LogP contribution in [0.3, 0.4) is 0 Å². The Balaban J connectivity index is 1.78. The van der Waals surface area contributed by atoms with Crippen LogP contribution in [0.25, 0.3) is 10.9 Å². The first-order valence-corrected chi connectivity index (χ1v) is 11.7. The van der Waals surface area contributed by atoms with Crippen LogP contribution in [0.15, 0.2) is 30.9 Å². The maximum atomic E-state index is 12.8. The highest BCUT2D eigenvalue weighted by atomic mass is 32.1. The molecule has 0 bridgehead atoms. The van der Waals surface area contributed by atoms with Gasteiger partial charge in [0.15, 0.2) is 11.7 Å². The number of fused-ring (bicyclic) bond motifs is 1. The fourth-order valence-electron chi connectivity index (χ4n) is 4.30. The second-order valence-corrected chi connectivity index (χ2v) is 8.39. The summed E-state index contributed by atoms with van der Waals surface area (Å²) in [7, 11) is 0. The predicted molar refractivity (Wildman–Crippen MR) is 132 cm³/mol. The molecule has 1 amide bonds. The first kappa shape index (κ1) is 24.6. The summed E-state index contributed by atoms with van der Waals surface area (Å²) in [5.41, 5.74) is 7.53. The number of amides is 1. The molecule has 0 aliphatic heterocycles. The van der Waals surface area contributed by atoms with Crippen molar-refractivity contribution >= 4 is 40.1 Å². The van der Waals surface area contributed by atoms with Gasteiger partial charge in [0.1, 0.15) is 5.75 Å². The monoisotopic (exact) mass is 472 g/mol. The second kappa shape index (κ2) is 11.7.